The predicted octanol–water partition coefficient (Wildman–Crippen LogP) is 6.25. The van der Waals surface area contributed by atoms with Gasteiger partial charge in [0.2, 0.25) is 0 Å². The van der Waals surface area contributed by atoms with Crippen LogP contribution in [0.15, 0.2) is 72.9 Å². The smallest absolute Gasteiger partial charge is 0.306 e. The zero-order valence-electron chi connectivity index (χ0n) is 15.6. The van der Waals surface area contributed by atoms with Gasteiger partial charge in [0.15, 0.2) is 0 Å². The molecule has 1 fully saturated rings. The molecule has 1 heterocycles. The molecule has 1 saturated heterocycles. The van der Waals surface area contributed by atoms with E-state index in [1.54, 1.807) is 0 Å². The second-order valence-electron chi connectivity index (χ2n) is 6.23. The van der Waals surface area contributed by atoms with E-state index in [-0.39, 0.29) is 12.1 Å². The highest BCUT2D eigenvalue weighted by Crippen LogP contribution is 2.14. The predicted molar refractivity (Wildman–Crippen MR) is 107 cm³/mol. The van der Waals surface area contributed by atoms with Crippen molar-refractivity contribution in [1.82, 2.24) is 0 Å². The lowest BCUT2D eigenvalue weighted by molar-refractivity contribution is -0.139. The van der Waals surface area contributed by atoms with Crippen molar-refractivity contribution in [2.24, 2.45) is 5.92 Å². The quantitative estimate of drug-likeness (QED) is 0.252. The number of allylic oxidation sites excluding steroid dienone is 11. The maximum absolute atomic E-state index is 10.9. The molecule has 1 rings (SSSR count). The largest absolute Gasteiger partial charge is 0.458 e. The standard InChI is InChI=1S/C23H32O2/c1-3-4-13-16-21(2)17-14-11-9-7-5-6-8-10-12-15-18-22-19-20-23(24)25-22/h4-6,9-15,17-18,21-22H,3,7-8,16,19-20H2,1-2H3/b6-5-,11-9-,12-10-,13-4-,17-14+,18-15+/t21-,22-/m0/s1. The van der Waals surface area contributed by atoms with Crippen molar-refractivity contribution in [1.29, 1.82) is 0 Å². The summed E-state index contributed by atoms with van der Waals surface area (Å²) in [6.07, 6.45) is 30.9. The number of rotatable bonds is 11. The molecule has 1 aliphatic rings. The molecule has 0 amide bonds. The molecule has 0 aromatic carbocycles. The van der Waals surface area contributed by atoms with Crippen LogP contribution in [0.4, 0.5) is 0 Å². The molecule has 2 nitrogen and oxygen atoms in total. The number of carbonyl (C=O) groups excluding carboxylic acids is 1. The first-order valence-corrected chi connectivity index (χ1v) is 9.38. The van der Waals surface area contributed by atoms with E-state index in [9.17, 15) is 4.79 Å². The highest BCUT2D eigenvalue weighted by atomic mass is 16.5. The van der Waals surface area contributed by atoms with Crippen molar-refractivity contribution in [2.75, 3.05) is 0 Å². The lowest BCUT2D eigenvalue weighted by Crippen LogP contribution is -2.01. The molecule has 1 aliphatic heterocycles. The van der Waals surface area contributed by atoms with Gasteiger partial charge in [0.25, 0.3) is 0 Å². The number of ether oxygens (including phenoxy) is 1. The molecule has 2 atom stereocenters. The Morgan fingerprint density at radius 3 is 2.36 bits per heavy atom. The zero-order chi connectivity index (χ0) is 18.2. The fourth-order valence-corrected chi connectivity index (χ4v) is 2.34. The van der Waals surface area contributed by atoms with E-state index in [0.717, 1.165) is 32.1 Å². The molecule has 0 aromatic heterocycles. The average Bonchev–Trinajstić information content (AvgIpc) is 3.01. The molecule has 0 saturated carbocycles. The van der Waals surface area contributed by atoms with Crippen LogP contribution in [0.25, 0.3) is 0 Å². The second-order valence-corrected chi connectivity index (χ2v) is 6.23. The molecule has 25 heavy (non-hydrogen) atoms. The van der Waals surface area contributed by atoms with E-state index < -0.39 is 0 Å². The van der Waals surface area contributed by atoms with E-state index in [4.69, 9.17) is 4.74 Å². The van der Waals surface area contributed by atoms with Crippen LogP contribution < -0.4 is 0 Å². The second kappa shape index (κ2) is 14.3. The van der Waals surface area contributed by atoms with Crippen LogP contribution in [0.2, 0.25) is 0 Å². The van der Waals surface area contributed by atoms with E-state index in [1.807, 2.05) is 18.2 Å². The molecular weight excluding hydrogens is 308 g/mol. The summed E-state index contributed by atoms with van der Waals surface area (Å²) in [5.74, 6) is 0.501. The minimum atomic E-state index is -0.0905. The zero-order valence-corrected chi connectivity index (χ0v) is 15.6. The molecule has 0 radical (unpaired) electrons. The minimum Gasteiger partial charge on any atom is -0.458 e. The summed E-state index contributed by atoms with van der Waals surface area (Å²) in [5, 5.41) is 0. The first-order valence-electron chi connectivity index (χ1n) is 9.38. The van der Waals surface area contributed by atoms with Crippen LogP contribution in [0, 0.1) is 5.92 Å². The van der Waals surface area contributed by atoms with Crippen LogP contribution in [0.1, 0.15) is 52.4 Å². The van der Waals surface area contributed by atoms with Gasteiger partial charge in [-0.25, -0.2) is 0 Å². The summed E-state index contributed by atoms with van der Waals surface area (Å²) in [6.45, 7) is 4.40. The summed E-state index contributed by atoms with van der Waals surface area (Å²) in [7, 11) is 0. The Morgan fingerprint density at radius 2 is 1.72 bits per heavy atom. The molecule has 0 aromatic rings. The van der Waals surface area contributed by atoms with Gasteiger partial charge in [-0.15, -0.1) is 0 Å². The van der Waals surface area contributed by atoms with Gasteiger partial charge in [-0.1, -0.05) is 80.7 Å². The molecule has 0 spiro atoms. The van der Waals surface area contributed by atoms with Gasteiger partial charge >= 0.3 is 5.97 Å². The topological polar surface area (TPSA) is 26.3 Å². The Balaban J connectivity index is 2.07. The van der Waals surface area contributed by atoms with Gasteiger partial charge in [-0.05, 0) is 44.1 Å². The van der Waals surface area contributed by atoms with E-state index in [1.165, 1.54) is 0 Å². The van der Waals surface area contributed by atoms with Crippen LogP contribution in [-0.4, -0.2) is 12.1 Å². The Hall–Kier alpha value is -2.09. The number of hydrogen-bond acceptors (Lipinski definition) is 2. The molecule has 0 aliphatic carbocycles. The van der Waals surface area contributed by atoms with Crippen molar-refractivity contribution in [2.45, 2.75) is 58.5 Å². The number of cyclic esters (lactones) is 1. The fourth-order valence-electron chi connectivity index (χ4n) is 2.34. The van der Waals surface area contributed by atoms with Crippen LogP contribution in [0.5, 0.6) is 0 Å². The molecule has 0 unspecified atom stereocenters. The third-order valence-corrected chi connectivity index (χ3v) is 3.80. The normalized spacial score (nSPS) is 20.4. The Bertz CT molecular complexity index is 532. The van der Waals surface area contributed by atoms with Gasteiger partial charge in [0.05, 0.1) is 0 Å². The molecule has 0 N–H and O–H groups in total. The van der Waals surface area contributed by atoms with Crippen molar-refractivity contribution in [3.8, 4) is 0 Å². The third kappa shape index (κ3) is 12.0. The van der Waals surface area contributed by atoms with Crippen LogP contribution >= 0.6 is 0 Å². The van der Waals surface area contributed by atoms with Crippen molar-refractivity contribution >= 4 is 5.97 Å². The molecule has 0 bridgehead atoms. The number of hydrogen-bond donors (Lipinski definition) is 0. The van der Waals surface area contributed by atoms with Crippen molar-refractivity contribution in [3.05, 3.63) is 72.9 Å². The first-order chi connectivity index (χ1) is 12.2. The summed E-state index contributed by atoms with van der Waals surface area (Å²) < 4.78 is 5.10. The lowest BCUT2D eigenvalue weighted by atomic mass is 10.1. The van der Waals surface area contributed by atoms with E-state index in [2.05, 4.69) is 68.5 Å². The van der Waals surface area contributed by atoms with Gasteiger partial charge < -0.3 is 4.74 Å². The Labute approximate surface area is 153 Å². The van der Waals surface area contributed by atoms with E-state index >= 15 is 0 Å². The Morgan fingerprint density at radius 1 is 1.00 bits per heavy atom. The molecule has 2 heteroatoms. The average molecular weight is 341 g/mol. The Kier molecular flexibility index (Phi) is 12.0. The van der Waals surface area contributed by atoms with Gasteiger partial charge in [0, 0.05) is 6.42 Å². The fraction of sp³-hybridized carbons (Fsp3) is 0.435. The summed E-state index contributed by atoms with van der Waals surface area (Å²) >= 11 is 0. The van der Waals surface area contributed by atoms with Crippen molar-refractivity contribution in [3.63, 3.8) is 0 Å². The SMILES string of the molecule is CC/C=C\C[C@H](C)/C=C/C=C\C/C=C\C/C=C\C=C\[C@H]1CCC(=O)O1. The van der Waals surface area contributed by atoms with Crippen LogP contribution in [-0.2, 0) is 9.53 Å². The van der Waals surface area contributed by atoms with Crippen LogP contribution in [0.3, 0.4) is 0 Å². The third-order valence-electron chi connectivity index (χ3n) is 3.80. The monoisotopic (exact) mass is 340 g/mol. The highest BCUT2D eigenvalue weighted by molar-refractivity contribution is 5.71. The summed E-state index contributed by atoms with van der Waals surface area (Å²) in [4.78, 5) is 10.9. The lowest BCUT2D eigenvalue weighted by Gasteiger charge is -1.99. The maximum Gasteiger partial charge on any atom is 0.306 e. The summed E-state index contributed by atoms with van der Waals surface area (Å²) in [6, 6.07) is 0. The molecular formula is C23H32O2. The first kappa shape index (κ1) is 21.0. The van der Waals surface area contributed by atoms with Crippen molar-refractivity contribution < 1.29 is 9.53 Å². The van der Waals surface area contributed by atoms with E-state index in [0.29, 0.717) is 12.3 Å². The highest BCUT2D eigenvalue weighted by Gasteiger charge is 2.19. The maximum atomic E-state index is 10.9. The summed E-state index contributed by atoms with van der Waals surface area (Å²) in [5.41, 5.74) is 0. The minimum absolute atomic E-state index is 0.0312. The number of carbonyl (C=O) groups is 1. The molecule has 136 valence electrons. The van der Waals surface area contributed by atoms with Gasteiger partial charge in [-0.2, -0.15) is 0 Å². The van der Waals surface area contributed by atoms with Gasteiger partial charge in [-0.3, -0.25) is 4.79 Å². The number of esters is 1. The van der Waals surface area contributed by atoms with Gasteiger partial charge in [0.1, 0.15) is 6.10 Å².